The number of carbonyl (C=O) groups excluding carboxylic acids is 1. The zero-order valence-corrected chi connectivity index (χ0v) is 18.1. The van der Waals surface area contributed by atoms with Gasteiger partial charge in [-0.3, -0.25) is 15.6 Å². The quantitative estimate of drug-likeness (QED) is 0.563. The minimum absolute atomic E-state index is 0.193. The van der Waals surface area contributed by atoms with E-state index in [2.05, 4.69) is 15.8 Å². The number of ether oxygens (including phenoxy) is 2. The molecule has 0 bridgehead atoms. The summed E-state index contributed by atoms with van der Waals surface area (Å²) in [6, 6.07) is 9.61. The van der Waals surface area contributed by atoms with Crippen LogP contribution in [0.2, 0.25) is 0 Å². The van der Waals surface area contributed by atoms with Gasteiger partial charge in [-0.15, -0.1) is 0 Å². The second kappa shape index (κ2) is 7.98. The van der Waals surface area contributed by atoms with Gasteiger partial charge in [0.25, 0.3) is 5.91 Å². The zero-order valence-electron chi connectivity index (χ0n) is 16.5. The molecule has 3 aromatic rings. The smallest absolute Gasteiger partial charge is 0.269 e. The monoisotopic (exact) mass is 460 g/mol. The van der Waals surface area contributed by atoms with Gasteiger partial charge in [-0.1, -0.05) is 11.3 Å². The van der Waals surface area contributed by atoms with Crippen molar-refractivity contribution in [1.29, 1.82) is 0 Å². The van der Waals surface area contributed by atoms with Gasteiger partial charge in [0.15, 0.2) is 11.5 Å². The average molecular weight is 461 g/mol. The Labute approximate surface area is 183 Å². The highest BCUT2D eigenvalue weighted by Crippen LogP contribution is 2.37. The molecule has 31 heavy (non-hydrogen) atoms. The highest BCUT2D eigenvalue weighted by atomic mass is 32.2. The number of carbonyl (C=O) groups is 1. The summed E-state index contributed by atoms with van der Waals surface area (Å²) in [5.74, 6) is 0.945. The van der Waals surface area contributed by atoms with E-state index in [4.69, 9.17) is 9.47 Å². The Morgan fingerprint density at radius 2 is 1.71 bits per heavy atom. The fraction of sp³-hybridized carbons (Fsp3) is 0.300. The van der Waals surface area contributed by atoms with Crippen molar-refractivity contribution in [2.45, 2.75) is 17.7 Å². The Hall–Kier alpha value is -2.89. The third-order valence-corrected chi connectivity index (χ3v) is 8.00. The predicted molar refractivity (Wildman–Crippen MR) is 116 cm³/mol. The van der Waals surface area contributed by atoms with E-state index < -0.39 is 15.9 Å². The van der Waals surface area contributed by atoms with E-state index in [9.17, 15) is 13.2 Å². The Balaban J connectivity index is 1.26. The molecule has 162 valence electrons. The van der Waals surface area contributed by atoms with Gasteiger partial charge in [-0.05, 0) is 37.1 Å². The Bertz CT molecular complexity index is 1190. The second-order valence-electron chi connectivity index (χ2n) is 7.20. The molecule has 9 nitrogen and oxygen atoms in total. The molecule has 5 rings (SSSR count). The van der Waals surface area contributed by atoms with E-state index >= 15 is 0 Å². The lowest BCUT2D eigenvalue weighted by Gasteiger charge is -2.17. The largest absolute Gasteiger partial charge is 0.486 e. The molecule has 2 N–H and O–H groups in total. The number of thiazole rings is 1. The topological polar surface area (TPSA) is 110 Å². The van der Waals surface area contributed by atoms with Crippen LogP contribution in [-0.4, -0.2) is 49.9 Å². The molecule has 1 amide bonds. The molecule has 1 aromatic heterocycles. The molecule has 2 aromatic carbocycles. The van der Waals surface area contributed by atoms with E-state index in [1.54, 1.807) is 0 Å². The summed E-state index contributed by atoms with van der Waals surface area (Å²) >= 11 is 1.37. The lowest BCUT2D eigenvalue weighted by Crippen LogP contribution is -2.30. The third-order valence-electron chi connectivity index (χ3n) is 5.15. The van der Waals surface area contributed by atoms with Gasteiger partial charge in [0, 0.05) is 30.8 Å². The van der Waals surface area contributed by atoms with Crippen LogP contribution in [0.25, 0.3) is 10.2 Å². The number of benzene rings is 2. The van der Waals surface area contributed by atoms with Gasteiger partial charge in [-0.2, -0.15) is 4.31 Å². The minimum Gasteiger partial charge on any atom is -0.486 e. The lowest BCUT2D eigenvalue weighted by atomic mass is 10.2. The minimum atomic E-state index is -3.50. The van der Waals surface area contributed by atoms with Crippen LogP contribution in [-0.2, 0) is 10.0 Å². The number of sulfonamides is 1. The summed E-state index contributed by atoms with van der Waals surface area (Å²) in [6.45, 7) is 2.09. The maximum Gasteiger partial charge on any atom is 0.269 e. The third kappa shape index (κ3) is 3.91. The van der Waals surface area contributed by atoms with E-state index in [1.807, 2.05) is 12.1 Å². The van der Waals surface area contributed by atoms with E-state index in [-0.39, 0.29) is 4.90 Å². The first-order valence-electron chi connectivity index (χ1n) is 9.87. The number of rotatable bonds is 5. The van der Waals surface area contributed by atoms with Gasteiger partial charge >= 0.3 is 0 Å². The number of fused-ring (bicyclic) bond motifs is 2. The number of hydrazine groups is 1. The van der Waals surface area contributed by atoms with Crippen molar-refractivity contribution < 1.29 is 22.7 Å². The van der Waals surface area contributed by atoms with Crippen LogP contribution < -0.4 is 20.3 Å². The zero-order chi connectivity index (χ0) is 21.4. The molecule has 1 fully saturated rings. The maximum absolute atomic E-state index is 12.6. The van der Waals surface area contributed by atoms with Crippen LogP contribution in [0.5, 0.6) is 11.5 Å². The Morgan fingerprint density at radius 1 is 1.03 bits per heavy atom. The summed E-state index contributed by atoms with van der Waals surface area (Å²) in [5.41, 5.74) is 6.49. The first kappa shape index (κ1) is 20.0. The van der Waals surface area contributed by atoms with Crippen molar-refractivity contribution in [2.75, 3.05) is 31.7 Å². The standard InChI is InChI=1S/C20H20N4O5S2/c25-19(13-3-5-14(6-4-13)31(26,27)24-7-1-2-8-24)22-23-20-21-15-11-16-17(12-18(15)30-20)29-10-9-28-16/h3-6,11-12H,1-2,7-10H2,(H,21,23)(H,22,25). The average Bonchev–Trinajstić information content (AvgIpc) is 3.46. The van der Waals surface area contributed by atoms with Crippen molar-refractivity contribution in [3.8, 4) is 11.5 Å². The number of hydrogen-bond donors (Lipinski definition) is 2. The van der Waals surface area contributed by atoms with Crippen molar-refractivity contribution in [3.63, 3.8) is 0 Å². The summed E-state index contributed by atoms with van der Waals surface area (Å²) in [6.07, 6.45) is 1.75. The van der Waals surface area contributed by atoms with Crippen LogP contribution in [0.1, 0.15) is 23.2 Å². The van der Waals surface area contributed by atoms with Gasteiger partial charge < -0.3 is 9.47 Å². The van der Waals surface area contributed by atoms with Crippen LogP contribution in [0, 0.1) is 0 Å². The Kier molecular flexibility index (Phi) is 5.16. The highest BCUT2D eigenvalue weighted by molar-refractivity contribution is 7.89. The number of aromatic nitrogens is 1. The van der Waals surface area contributed by atoms with Gasteiger partial charge in [0.2, 0.25) is 15.2 Å². The Morgan fingerprint density at radius 3 is 2.42 bits per heavy atom. The molecule has 11 heteroatoms. The highest BCUT2D eigenvalue weighted by Gasteiger charge is 2.27. The van der Waals surface area contributed by atoms with Crippen LogP contribution >= 0.6 is 11.3 Å². The van der Waals surface area contributed by atoms with Crippen molar-refractivity contribution >= 4 is 42.6 Å². The summed E-state index contributed by atoms with van der Waals surface area (Å²) in [7, 11) is -3.50. The summed E-state index contributed by atoms with van der Waals surface area (Å²) in [5, 5.41) is 0.513. The van der Waals surface area contributed by atoms with Gasteiger partial charge in [-0.25, -0.2) is 13.4 Å². The molecule has 0 radical (unpaired) electrons. The van der Waals surface area contributed by atoms with Crippen LogP contribution in [0.15, 0.2) is 41.3 Å². The molecular formula is C20H20N4O5S2. The second-order valence-corrected chi connectivity index (χ2v) is 10.2. The van der Waals surface area contributed by atoms with Gasteiger partial charge in [0.05, 0.1) is 15.1 Å². The number of nitrogens with zero attached hydrogens (tertiary/aromatic N) is 2. The van der Waals surface area contributed by atoms with Gasteiger partial charge in [0.1, 0.15) is 13.2 Å². The maximum atomic E-state index is 12.6. The normalized spacial score (nSPS) is 16.4. The summed E-state index contributed by atoms with van der Waals surface area (Å²) in [4.78, 5) is 17.1. The van der Waals surface area contributed by atoms with E-state index in [0.717, 1.165) is 23.1 Å². The molecule has 1 saturated heterocycles. The van der Waals surface area contributed by atoms with Crippen molar-refractivity contribution in [2.24, 2.45) is 0 Å². The molecule has 0 aliphatic carbocycles. The summed E-state index contributed by atoms with van der Waals surface area (Å²) < 4.78 is 38.7. The molecule has 3 heterocycles. The fourth-order valence-electron chi connectivity index (χ4n) is 3.56. The molecular weight excluding hydrogens is 440 g/mol. The molecule has 0 atom stereocenters. The van der Waals surface area contributed by atoms with Crippen molar-refractivity contribution in [1.82, 2.24) is 14.7 Å². The SMILES string of the molecule is O=C(NNc1nc2cc3c(cc2s1)OCCO3)c1ccc(S(=O)(=O)N2CCCC2)cc1. The molecule has 2 aliphatic rings. The number of anilines is 1. The van der Waals surface area contributed by atoms with E-state index in [0.29, 0.717) is 48.5 Å². The molecule has 0 unspecified atom stereocenters. The number of amides is 1. The number of hydrogen-bond acceptors (Lipinski definition) is 8. The fourth-order valence-corrected chi connectivity index (χ4v) is 5.90. The lowest BCUT2D eigenvalue weighted by molar-refractivity contribution is 0.0962. The molecule has 2 aliphatic heterocycles. The first-order chi connectivity index (χ1) is 15.0. The predicted octanol–water partition coefficient (Wildman–Crippen LogP) is 2.61. The van der Waals surface area contributed by atoms with Crippen LogP contribution in [0.3, 0.4) is 0 Å². The van der Waals surface area contributed by atoms with Crippen molar-refractivity contribution in [3.05, 3.63) is 42.0 Å². The van der Waals surface area contributed by atoms with E-state index in [1.165, 1.54) is 39.9 Å². The molecule has 0 saturated carbocycles. The number of nitrogens with one attached hydrogen (secondary N) is 2. The van der Waals surface area contributed by atoms with Crippen LogP contribution in [0.4, 0.5) is 5.13 Å². The first-order valence-corrected chi connectivity index (χ1v) is 12.1. The molecule has 0 spiro atoms.